The molecule has 1 aromatic heterocycles. The highest BCUT2D eigenvalue weighted by molar-refractivity contribution is 5.56. The lowest BCUT2D eigenvalue weighted by molar-refractivity contribution is -0.180. The Balaban J connectivity index is 1.89. The summed E-state index contributed by atoms with van der Waals surface area (Å²) in [5, 5.41) is 31.5. The van der Waals surface area contributed by atoms with Crippen LogP contribution in [0.3, 0.4) is 0 Å². The van der Waals surface area contributed by atoms with E-state index in [0.29, 0.717) is 12.8 Å². The zero-order valence-corrected chi connectivity index (χ0v) is 14.2. The maximum Gasteiger partial charge on any atom is 0.123 e. The van der Waals surface area contributed by atoms with Crippen molar-refractivity contribution in [3.05, 3.63) is 24.2 Å². The van der Waals surface area contributed by atoms with E-state index >= 15 is 0 Å². The molecule has 0 bridgehead atoms. The smallest absolute Gasteiger partial charge is 0.123 e. The van der Waals surface area contributed by atoms with Crippen LogP contribution in [-0.2, 0) is 4.79 Å². The molecule has 1 heterocycles. The highest BCUT2D eigenvalue weighted by atomic mass is 16.3. The lowest BCUT2D eigenvalue weighted by Crippen LogP contribution is -2.59. The van der Waals surface area contributed by atoms with E-state index < -0.39 is 17.6 Å². The van der Waals surface area contributed by atoms with Gasteiger partial charge in [-0.1, -0.05) is 13.3 Å². The molecule has 5 nitrogen and oxygen atoms in total. The van der Waals surface area contributed by atoms with Crippen LogP contribution in [0.5, 0.6) is 0 Å². The first-order valence-corrected chi connectivity index (χ1v) is 8.99. The summed E-state index contributed by atoms with van der Waals surface area (Å²) in [6.45, 7) is 1.93. The molecule has 0 amide bonds. The van der Waals surface area contributed by atoms with Crippen LogP contribution in [0.4, 0.5) is 0 Å². The van der Waals surface area contributed by atoms with Crippen LogP contribution in [0, 0.1) is 29.1 Å². The Hall–Kier alpha value is -1.17. The maximum atomic E-state index is 11.6. The third kappa shape index (κ3) is 2.72. The van der Waals surface area contributed by atoms with Crippen molar-refractivity contribution in [2.24, 2.45) is 29.1 Å². The van der Waals surface area contributed by atoms with Gasteiger partial charge in [0.15, 0.2) is 0 Å². The minimum Gasteiger partial charge on any atom is -0.472 e. The third-order valence-electron chi connectivity index (χ3n) is 6.74. The maximum absolute atomic E-state index is 11.6. The monoisotopic (exact) mass is 336 g/mol. The summed E-state index contributed by atoms with van der Waals surface area (Å²) in [6.07, 6.45) is 6.39. The van der Waals surface area contributed by atoms with Gasteiger partial charge in [-0.15, -0.1) is 0 Å². The average molecular weight is 336 g/mol. The summed E-state index contributed by atoms with van der Waals surface area (Å²) >= 11 is 0. The molecule has 24 heavy (non-hydrogen) atoms. The number of carbonyl (C=O) groups excluding carboxylic acids is 1. The van der Waals surface area contributed by atoms with Crippen molar-refractivity contribution in [2.45, 2.75) is 51.2 Å². The number of hydrogen-bond acceptors (Lipinski definition) is 5. The number of hydrogen-bond donors (Lipinski definition) is 3. The molecule has 3 N–H and O–H groups in total. The van der Waals surface area contributed by atoms with Gasteiger partial charge >= 0.3 is 0 Å². The van der Waals surface area contributed by atoms with Crippen LogP contribution in [0.25, 0.3) is 0 Å². The quantitative estimate of drug-likeness (QED) is 0.718. The van der Waals surface area contributed by atoms with Gasteiger partial charge in [0.1, 0.15) is 6.29 Å². The van der Waals surface area contributed by atoms with Gasteiger partial charge in [0, 0.05) is 16.9 Å². The van der Waals surface area contributed by atoms with E-state index in [0.717, 1.165) is 31.1 Å². The van der Waals surface area contributed by atoms with Crippen molar-refractivity contribution >= 4 is 6.29 Å². The summed E-state index contributed by atoms with van der Waals surface area (Å²) in [4.78, 5) is 11.6. The van der Waals surface area contributed by atoms with Crippen molar-refractivity contribution in [3.63, 3.8) is 0 Å². The van der Waals surface area contributed by atoms with Crippen molar-refractivity contribution in [2.75, 3.05) is 6.61 Å². The zero-order valence-electron chi connectivity index (χ0n) is 14.2. The number of carbonyl (C=O) groups is 1. The first-order valence-electron chi connectivity index (χ1n) is 8.99. The summed E-state index contributed by atoms with van der Waals surface area (Å²) < 4.78 is 5.06. The van der Waals surface area contributed by atoms with E-state index in [1.165, 1.54) is 0 Å². The van der Waals surface area contributed by atoms with Crippen molar-refractivity contribution in [1.82, 2.24) is 0 Å². The molecular weight excluding hydrogens is 308 g/mol. The molecule has 134 valence electrons. The summed E-state index contributed by atoms with van der Waals surface area (Å²) in [5.41, 5.74) is -0.00141. The Kier molecular flexibility index (Phi) is 5.13. The van der Waals surface area contributed by atoms with Gasteiger partial charge in [-0.05, 0) is 49.5 Å². The minimum atomic E-state index is -0.757. The van der Waals surface area contributed by atoms with Crippen LogP contribution in [0.1, 0.15) is 50.7 Å². The topological polar surface area (TPSA) is 90.9 Å². The molecule has 5 heteroatoms. The van der Waals surface area contributed by atoms with E-state index in [2.05, 4.69) is 6.92 Å². The van der Waals surface area contributed by atoms with Crippen LogP contribution in [-0.4, -0.2) is 34.3 Å². The molecule has 0 aromatic carbocycles. The first-order chi connectivity index (χ1) is 11.5. The molecule has 2 saturated carbocycles. The Morgan fingerprint density at radius 3 is 2.88 bits per heavy atom. The van der Waals surface area contributed by atoms with Crippen LogP contribution in [0.2, 0.25) is 0 Å². The number of rotatable bonds is 5. The fourth-order valence-electron chi connectivity index (χ4n) is 5.41. The highest BCUT2D eigenvalue weighted by Crippen LogP contribution is 2.58. The summed E-state index contributed by atoms with van der Waals surface area (Å²) in [6, 6.07) is 1.77. The molecule has 0 unspecified atom stereocenters. The molecule has 1 aromatic rings. The summed E-state index contributed by atoms with van der Waals surface area (Å²) in [7, 11) is 0. The van der Waals surface area contributed by atoms with Gasteiger partial charge in [0.05, 0.1) is 31.3 Å². The molecule has 0 aliphatic heterocycles. The van der Waals surface area contributed by atoms with Gasteiger partial charge in [-0.25, -0.2) is 0 Å². The van der Waals surface area contributed by atoms with E-state index in [9.17, 15) is 20.1 Å². The van der Waals surface area contributed by atoms with Crippen molar-refractivity contribution < 1.29 is 24.5 Å². The second-order valence-electron chi connectivity index (χ2n) is 7.75. The van der Waals surface area contributed by atoms with Gasteiger partial charge in [-0.2, -0.15) is 0 Å². The number of aldehydes is 1. The van der Waals surface area contributed by atoms with E-state index in [1.807, 2.05) is 0 Å². The third-order valence-corrected chi connectivity index (χ3v) is 6.74. The molecule has 0 radical (unpaired) electrons. The Morgan fingerprint density at radius 1 is 1.46 bits per heavy atom. The summed E-state index contributed by atoms with van der Waals surface area (Å²) in [5.74, 6) is 0.133. The lowest BCUT2D eigenvalue weighted by Gasteiger charge is -2.57. The Morgan fingerprint density at radius 2 is 2.25 bits per heavy atom. The van der Waals surface area contributed by atoms with Crippen LogP contribution < -0.4 is 0 Å². The normalized spacial score (nSPS) is 40.8. The second-order valence-corrected chi connectivity index (χ2v) is 7.75. The van der Waals surface area contributed by atoms with Crippen LogP contribution >= 0.6 is 0 Å². The predicted octanol–water partition coefficient (Wildman–Crippen LogP) is 2.31. The fourth-order valence-corrected chi connectivity index (χ4v) is 5.41. The fraction of sp³-hybridized carbons (Fsp3) is 0.737. The minimum absolute atomic E-state index is 0.0479. The molecule has 0 spiro atoms. The molecule has 7 atom stereocenters. The standard InChI is InChI=1S/C19H28O5/c1-12-7-18(23)19(11-21)14(9-20)3-2-4-16(19)15(12)8-17(22)13-5-6-24-10-13/h5-6,9-10,12,14-18,21-23H,2-4,7-8,11H2,1H3/t12-,14-,15+,16-,17+,18+,19+/m1/s1. The first kappa shape index (κ1) is 17.6. The molecule has 0 saturated heterocycles. The Bertz CT molecular complexity index is 542. The lowest BCUT2D eigenvalue weighted by atomic mass is 9.48. The highest BCUT2D eigenvalue weighted by Gasteiger charge is 2.58. The van der Waals surface area contributed by atoms with E-state index in [-0.39, 0.29) is 30.3 Å². The number of aliphatic hydroxyl groups excluding tert-OH is 3. The predicted molar refractivity (Wildman–Crippen MR) is 88.0 cm³/mol. The second kappa shape index (κ2) is 6.98. The molecule has 3 rings (SSSR count). The van der Waals surface area contributed by atoms with Gasteiger partial charge in [-0.3, -0.25) is 0 Å². The average Bonchev–Trinajstić information content (AvgIpc) is 3.12. The van der Waals surface area contributed by atoms with Gasteiger partial charge in [0.2, 0.25) is 0 Å². The van der Waals surface area contributed by atoms with Gasteiger partial charge in [0.25, 0.3) is 0 Å². The molecular formula is C19H28O5. The van der Waals surface area contributed by atoms with Gasteiger partial charge < -0.3 is 24.5 Å². The van der Waals surface area contributed by atoms with Crippen LogP contribution in [0.15, 0.2) is 23.0 Å². The molecule has 2 aliphatic carbocycles. The van der Waals surface area contributed by atoms with E-state index in [1.54, 1.807) is 18.6 Å². The number of furan rings is 1. The number of aliphatic hydroxyl groups is 3. The SMILES string of the molecule is C[C@@H]1C[C@H](O)[C@]2(CO)[C@H](CCC[C@@H]2C=O)[C@H]1C[C@H](O)c1ccoc1. The molecule has 2 aliphatic rings. The zero-order chi connectivity index (χ0) is 17.3. The van der Waals surface area contributed by atoms with Crippen molar-refractivity contribution in [3.8, 4) is 0 Å². The largest absolute Gasteiger partial charge is 0.472 e. The van der Waals surface area contributed by atoms with E-state index in [4.69, 9.17) is 4.42 Å². The number of fused-ring (bicyclic) bond motifs is 1. The molecule has 2 fully saturated rings. The van der Waals surface area contributed by atoms with Crippen molar-refractivity contribution in [1.29, 1.82) is 0 Å². The Labute approximate surface area is 142 Å².